The molecule has 0 fully saturated rings. The van der Waals surface area contributed by atoms with Gasteiger partial charge >= 0.3 is 0 Å². The second kappa shape index (κ2) is 3.38. The minimum atomic E-state index is -0.623. The number of carbonyl (C=O) groups is 2. The predicted octanol–water partition coefficient (Wildman–Crippen LogP) is 1.07. The van der Waals surface area contributed by atoms with E-state index in [-0.39, 0.29) is 11.8 Å². The summed E-state index contributed by atoms with van der Waals surface area (Å²) in [5.41, 5.74) is 0.428. The molecule has 0 radical (unpaired) electrons. The van der Waals surface area contributed by atoms with Crippen LogP contribution in [0.3, 0.4) is 0 Å². The number of benzene rings is 1. The molecule has 2 rings (SSSR count). The van der Waals surface area contributed by atoms with E-state index in [1.54, 1.807) is 31.2 Å². The Hall–Kier alpha value is -1.84. The predicted molar refractivity (Wildman–Crippen MR) is 53.6 cm³/mol. The molecule has 1 aromatic carbocycles. The highest BCUT2D eigenvalue weighted by Crippen LogP contribution is 2.24. The molecule has 78 valence electrons. The summed E-state index contributed by atoms with van der Waals surface area (Å²) in [5, 5.41) is 0. The second-order valence-electron chi connectivity index (χ2n) is 3.46. The Kier molecular flexibility index (Phi) is 2.19. The van der Waals surface area contributed by atoms with Crippen LogP contribution >= 0.6 is 0 Å². The molecule has 0 saturated heterocycles. The van der Waals surface area contributed by atoms with Crippen molar-refractivity contribution in [2.24, 2.45) is 0 Å². The topological polar surface area (TPSA) is 46.6 Å². The van der Waals surface area contributed by atoms with Crippen LogP contribution in [0.2, 0.25) is 0 Å². The molecule has 0 aromatic heterocycles. The van der Waals surface area contributed by atoms with Crippen molar-refractivity contribution in [2.45, 2.75) is 13.0 Å². The minimum absolute atomic E-state index is 0.319. The third-order valence-electron chi connectivity index (χ3n) is 2.40. The number of nitrogens with zero attached hydrogens (tertiary/aromatic N) is 1. The third-order valence-corrected chi connectivity index (χ3v) is 2.40. The summed E-state index contributed by atoms with van der Waals surface area (Å²) in [5.74, 6) is -0.177. The normalized spacial score (nSPS) is 20.7. The van der Waals surface area contributed by atoms with E-state index in [1.807, 2.05) is 0 Å². The lowest BCUT2D eigenvalue weighted by molar-refractivity contribution is -0.133. The lowest BCUT2D eigenvalue weighted by Crippen LogP contribution is -2.38. The van der Waals surface area contributed by atoms with Gasteiger partial charge in [-0.2, -0.15) is 0 Å². The molecule has 4 heteroatoms. The molecule has 1 atom stereocenters. The number of hydrogen-bond acceptors (Lipinski definition) is 3. The van der Waals surface area contributed by atoms with Crippen LogP contribution in [0, 0.1) is 0 Å². The van der Waals surface area contributed by atoms with Gasteiger partial charge in [0.1, 0.15) is 5.75 Å². The fourth-order valence-corrected chi connectivity index (χ4v) is 1.54. The van der Waals surface area contributed by atoms with Crippen molar-refractivity contribution in [3.63, 3.8) is 0 Å². The molecule has 2 amide bonds. The maximum absolute atomic E-state index is 11.8. The molecule has 15 heavy (non-hydrogen) atoms. The molecule has 0 aliphatic carbocycles. The number of hydrogen-bond donors (Lipinski definition) is 0. The van der Waals surface area contributed by atoms with Crippen LogP contribution in [0.15, 0.2) is 24.3 Å². The van der Waals surface area contributed by atoms with Crippen LogP contribution in [-0.4, -0.2) is 29.9 Å². The van der Waals surface area contributed by atoms with Crippen molar-refractivity contribution in [2.75, 3.05) is 7.05 Å². The van der Waals surface area contributed by atoms with Gasteiger partial charge in [-0.15, -0.1) is 0 Å². The number of carbonyl (C=O) groups excluding carboxylic acids is 2. The Morgan fingerprint density at radius 3 is 2.67 bits per heavy atom. The summed E-state index contributed by atoms with van der Waals surface area (Å²) in [7, 11) is 1.46. The smallest absolute Gasteiger partial charge is 0.269 e. The Bertz CT molecular complexity index is 428. The quantitative estimate of drug-likeness (QED) is 0.595. The second-order valence-corrected chi connectivity index (χ2v) is 3.46. The highest BCUT2D eigenvalue weighted by atomic mass is 16.5. The minimum Gasteiger partial charge on any atom is -0.480 e. The van der Waals surface area contributed by atoms with Gasteiger partial charge in [-0.3, -0.25) is 14.5 Å². The molecule has 0 unspecified atom stereocenters. The third kappa shape index (κ3) is 1.48. The zero-order chi connectivity index (χ0) is 11.0. The highest BCUT2D eigenvalue weighted by Gasteiger charge is 2.30. The Morgan fingerprint density at radius 2 is 1.93 bits per heavy atom. The van der Waals surface area contributed by atoms with Crippen molar-refractivity contribution < 1.29 is 14.3 Å². The van der Waals surface area contributed by atoms with E-state index in [4.69, 9.17) is 4.74 Å². The van der Waals surface area contributed by atoms with Crippen molar-refractivity contribution in [1.29, 1.82) is 0 Å². The fourth-order valence-electron chi connectivity index (χ4n) is 1.54. The zero-order valence-electron chi connectivity index (χ0n) is 8.56. The molecule has 1 heterocycles. The average molecular weight is 205 g/mol. The first-order valence-electron chi connectivity index (χ1n) is 4.69. The van der Waals surface area contributed by atoms with E-state index in [0.717, 1.165) is 4.90 Å². The van der Waals surface area contributed by atoms with Crippen molar-refractivity contribution >= 4 is 11.8 Å². The Balaban J connectivity index is 2.53. The summed E-state index contributed by atoms with van der Waals surface area (Å²) in [6, 6.07) is 6.86. The zero-order valence-corrected chi connectivity index (χ0v) is 8.56. The Labute approximate surface area is 87.4 Å². The van der Waals surface area contributed by atoms with Crippen molar-refractivity contribution in [3.8, 4) is 5.75 Å². The van der Waals surface area contributed by atoms with Gasteiger partial charge in [-0.05, 0) is 19.1 Å². The highest BCUT2D eigenvalue weighted by molar-refractivity contribution is 6.08. The molecule has 1 aromatic rings. The molecular formula is C11H11NO3. The molecule has 0 saturated carbocycles. The molecule has 0 bridgehead atoms. The van der Waals surface area contributed by atoms with Crippen LogP contribution in [0.1, 0.15) is 17.3 Å². The first-order valence-corrected chi connectivity index (χ1v) is 4.69. The lowest BCUT2D eigenvalue weighted by atomic mass is 10.2. The summed E-state index contributed by atoms with van der Waals surface area (Å²) < 4.78 is 5.40. The van der Waals surface area contributed by atoms with Gasteiger partial charge in [0.2, 0.25) is 0 Å². The van der Waals surface area contributed by atoms with Crippen LogP contribution in [0.25, 0.3) is 0 Å². The van der Waals surface area contributed by atoms with Gasteiger partial charge in [0.15, 0.2) is 6.10 Å². The molecule has 1 aliphatic rings. The van der Waals surface area contributed by atoms with Gasteiger partial charge in [0.05, 0.1) is 5.56 Å². The number of likely N-dealkylation sites (N-methyl/N-ethyl adjacent to an activating group) is 1. The lowest BCUT2D eigenvalue weighted by Gasteiger charge is -2.14. The number of para-hydroxylation sites is 1. The Morgan fingerprint density at radius 1 is 1.27 bits per heavy atom. The monoisotopic (exact) mass is 205 g/mol. The molecular weight excluding hydrogens is 194 g/mol. The van der Waals surface area contributed by atoms with Gasteiger partial charge < -0.3 is 4.74 Å². The first kappa shape index (κ1) is 9.71. The molecule has 1 aliphatic heterocycles. The van der Waals surface area contributed by atoms with Gasteiger partial charge in [-0.1, -0.05) is 12.1 Å². The summed E-state index contributed by atoms with van der Waals surface area (Å²) in [4.78, 5) is 24.5. The number of imide groups is 1. The van der Waals surface area contributed by atoms with Crippen LogP contribution in [-0.2, 0) is 4.79 Å². The first-order chi connectivity index (χ1) is 7.11. The van der Waals surface area contributed by atoms with Gasteiger partial charge in [0.25, 0.3) is 11.8 Å². The van der Waals surface area contributed by atoms with E-state index in [2.05, 4.69) is 0 Å². The SMILES string of the molecule is C[C@@H]1Oc2ccccc2C(=O)N(C)C1=O. The summed E-state index contributed by atoms with van der Waals surface area (Å²) in [6.07, 6.45) is -0.623. The van der Waals surface area contributed by atoms with Crippen LogP contribution in [0.5, 0.6) is 5.75 Å². The maximum Gasteiger partial charge on any atom is 0.269 e. The molecule has 0 spiro atoms. The number of rotatable bonds is 0. The summed E-state index contributed by atoms with van der Waals surface area (Å²) in [6.45, 7) is 1.63. The van der Waals surface area contributed by atoms with E-state index in [9.17, 15) is 9.59 Å². The van der Waals surface area contributed by atoms with Crippen LogP contribution in [0.4, 0.5) is 0 Å². The number of fused-ring (bicyclic) bond motifs is 1. The van der Waals surface area contributed by atoms with Gasteiger partial charge in [0, 0.05) is 7.05 Å². The maximum atomic E-state index is 11.8. The van der Waals surface area contributed by atoms with Crippen LogP contribution < -0.4 is 4.74 Å². The fraction of sp³-hybridized carbons (Fsp3) is 0.273. The van der Waals surface area contributed by atoms with E-state index < -0.39 is 6.10 Å². The summed E-state index contributed by atoms with van der Waals surface area (Å²) >= 11 is 0. The standard InChI is InChI=1S/C11H11NO3/c1-7-10(13)12(2)11(14)8-5-3-4-6-9(8)15-7/h3-7H,1-2H3/t7-/m0/s1. The number of amides is 2. The van der Waals surface area contributed by atoms with Gasteiger partial charge in [-0.25, -0.2) is 0 Å². The average Bonchev–Trinajstić information content (AvgIpc) is 2.32. The van der Waals surface area contributed by atoms with E-state index >= 15 is 0 Å². The van der Waals surface area contributed by atoms with Crippen molar-refractivity contribution in [3.05, 3.63) is 29.8 Å². The van der Waals surface area contributed by atoms with E-state index in [1.165, 1.54) is 7.05 Å². The molecule has 0 N–H and O–H groups in total. The van der Waals surface area contributed by atoms with Crippen molar-refractivity contribution in [1.82, 2.24) is 4.90 Å². The molecule has 4 nitrogen and oxygen atoms in total. The number of ether oxygens (including phenoxy) is 1. The van der Waals surface area contributed by atoms with E-state index in [0.29, 0.717) is 11.3 Å². The largest absolute Gasteiger partial charge is 0.480 e.